The van der Waals surface area contributed by atoms with Crippen LogP contribution in [0.5, 0.6) is 0 Å². The number of amides is 1. The van der Waals surface area contributed by atoms with Gasteiger partial charge in [0.1, 0.15) is 11.4 Å². The van der Waals surface area contributed by atoms with Crippen molar-refractivity contribution in [2.24, 2.45) is 5.92 Å². The molecular weight excluding hydrogens is 268 g/mol. The molecule has 21 heavy (non-hydrogen) atoms. The Morgan fingerprint density at radius 3 is 2.76 bits per heavy atom. The number of carbonyl (C=O) groups is 2. The molecule has 2 atom stereocenters. The Bertz CT molecular complexity index is 530. The van der Waals surface area contributed by atoms with Crippen LogP contribution >= 0.6 is 0 Å². The molecule has 1 aliphatic heterocycles. The molecule has 0 bridgehead atoms. The summed E-state index contributed by atoms with van der Waals surface area (Å²) in [7, 11) is 0. The predicted octanol–water partition coefficient (Wildman–Crippen LogP) is 2.82. The van der Waals surface area contributed by atoms with Gasteiger partial charge < -0.3 is 10.0 Å². The number of rotatable bonds is 4. The maximum atomic E-state index is 12.7. The largest absolute Gasteiger partial charge is 0.477 e. The van der Waals surface area contributed by atoms with E-state index < -0.39 is 5.97 Å². The molecule has 0 aromatic carbocycles. The summed E-state index contributed by atoms with van der Waals surface area (Å²) in [5, 5.41) is 8.99. The third kappa shape index (κ3) is 3.40. The van der Waals surface area contributed by atoms with Crippen molar-refractivity contribution in [2.75, 3.05) is 6.54 Å². The van der Waals surface area contributed by atoms with Gasteiger partial charge in [-0.25, -0.2) is 9.78 Å². The number of piperidine rings is 1. The van der Waals surface area contributed by atoms with Gasteiger partial charge in [0, 0.05) is 12.6 Å². The average Bonchev–Trinajstić information content (AvgIpc) is 2.49. The van der Waals surface area contributed by atoms with Crippen molar-refractivity contribution in [1.29, 1.82) is 0 Å². The van der Waals surface area contributed by atoms with Crippen LogP contribution < -0.4 is 0 Å². The number of hydrogen-bond donors (Lipinski definition) is 1. The highest BCUT2D eigenvalue weighted by Crippen LogP contribution is 2.27. The Labute approximate surface area is 125 Å². The van der Waals surface area contributed by atoms with E-state index in [9.17, 15) is 9.59 Å². The highest BCUT2D eigenvalue weighted by Gasteiger charge is 2.32. The van der Waals surface area contributed by atoms with E-state index in [1.54, 1.807) is 12.1 Å². The lowest BCUT2D eigenvalue weighted by Gasteiger charge is -2.40. The van der Waals surface area contributed by atoms with E-state index in [2.05, 4.69) is 18.8 Å². The molecule has 1 N–H and O–H groups in total. The summed E-state index contributed by atoms with van der Waals surface area (Å²) in [5.41, 5.74) is 0.142. The van der Waals surface area contributed by atoms with E-state index in [-0.39, 0.29) is 23.3 Å². The first-order chi connectivity index (χ1) is 10.0. The van der Waals surface area contributed by atoms with Crippen LogP contribution in [0.1, 0.15) is 60.5 Å². The Morgan fingerprint density at radius 2 is 2.10 bits per heavy atom. The number of likely N-dealkylation sites (tertiary alicyclic amines) is 1. The molecule has 0 saturated carbocycles. The quantitative estimate of drug-likeness (QED) is 0.925. The van der Waals surface area contributed by atoms with Crippen LogP contribution in [-0.4, -0.2) is 39.5 Å². The van der Waals surface area contributed by atoms with Crippen LogP contribution in [-0.2, 0) is 0 Å². The fourth-order valence-electron chi connectivity index (χ4n) is 3.06. The third-order valence-electron chi connectivity index (χ3n) is 4.15. The number of hydrogen-bond acceptors (Lipinski definition) is 3. The predicted molar refractivity (Wildman–Crippen MR) is 79.3 cm³/mol. The molecule has 1 fully saturated rings. The number of carboxylic acids is 1. The molecule has 1 saturated heterocycles. The van der Waals surface area contributed by atoms with Gasteiger partial charge >= 0.3 is 5.97 Å². The van der Waals surface area contributed by atoms with E-state index in [4.69, 9.17) is 5.11 Å². The topological polar surface area (TPSA) is 70.5 Å². The normalized spacial score (nSPS) is 22.1. The highest BCUT2D eigenvalue weighted by molar-refractivity contribution is 5.94. The Hall–Kier alpha value is -1.91. The minimum atomic E-state index is -1.11. The molecule has 2 rings (SSSR count). The summed E-state index contributed by atoms with van der Waals surface area (Å²) >= 11 is 0. The Balaban J connectivity index is 2.24. The molecule has 1 amide bonds. The minimum absolute atomic E-state index is 0.0852. The minimum Gasteiger partial charge on any atom is -0.477 e. The smallest absolute Gasteiger partial charge is 0.354 e. The van der Waals surface area contributed by atoms with Crippen LogP contribution in [0.4, 0.5) is 0 Å². The van der Waals surface area contributed by atoms with Crippen molar-refractivity contribution in [1.82, 2.24) is 9.88 Å². The fraction of sp³-hybridized carbons (Fsp3) is 0.562. The summed E-state index contributed by atoms with van der Waals surface area (Å²) < 4.78 is 0. The molecule has 1 aromatic heterocycles. The van der Waals surface area contributed by atoms with Crippen molar-refractivity contribution in [2.45, 2.75) is 45.6 Å². The van der Waals surface area contributed by atoms with E-state index in [1.165, 1.54) is 6.07 Å². The van der Waals surface area contributed by atoms with Gasteiger partial charge in [-0.2, -0.15) is 0 Å². The van der Waals surface area contributed by atoms with Crippen LogP contribution in [0.3, 0.4) is 0 Å². The second-order valence-corrected chi connectivity index (χ2v) is 5.69. The zero-order valence-electron chi connectivity index (χ0n) is 12.6. The van der Waals surface area contributed by atoms with Crippen molar-refractivity contribution in [3.63, 3.8) is 0 Å². The monoisotopic (exact) mass is 290 g/mol. The Morgan fingerprint density at radius 1 is 1.38 bits per heavy atom. The SMILES string of the molecule is CCCC1C(C)CCCN1C(=O)c1cccc(C(=O)O)n1. The lowest BCUT2D eigenvalue weighted by molar-refractivity contribution is 0.0491. The van der Waals surface area contributed by atoms with Gasteiger partial charge in [0.05, 0.1) is 0 Å². The lowest BCUT2D eigenvalue weighted by Crippen LogP contribution is -2.47. The van der Waals surface area contributed by atoms with Crippen LogP contribution in [0.25, 0.3) is 0 Å². The molecule has 5 heteroatoms. The first-order valence-corrected chi connectivity index (χ1v) is 7.56. The Kier molecular flexibility index (Phi) is 4.94. The number of pyridine rings is 1. The van der Waals surface area contributed by atoms with Gasteiger partial charge in [-0.15, -0.1) is 0 Å². The summed E-state index contributed by atoms with van der Waals surface area (Å²) in [6, 6.07) is 4.80. The molecule has 0 spiro atoms. The lowest BCUT2D eigenvalue weighted by atomic mass is 9.87. The summed E-state index contributed by atoms with van der Waals surface area (Å²) in [6.07, 6.45) is 4.13. The number of aromatic carboxylic acids is 1. The second kappa shape index (κ2) is 6.70. The van der Waals surface area contributed by atoms with E-state index in [1.807, 2.05) is 4.90 Å². The highest BCUT2D eigenvalue weighted by atomic mass is 16.4. The van der Waals surface area contributed by atoms with Crippen molar-refractivity contribution in [3.8, 4) is 0 Å². The van der Waals surface area contributed by atoms with Gasteiger partial charge in [-0.3, -0.25) is 4.79 Å². The third-order valence-corrected chi connectivity index (χ3v) is 4.15. The molecule has 2 heterocycles. The molecule has 1 aromatic rings. The molecule has 0 aliphatic carbocycles. The molecular formula is C16H22N2O3. The second-order valence-electron chi connectivity index (χ2n) is 5.69. The van der Waals surface area contributed by atoms with Crippen molar-refractivity contribution < 1.29 is 14.7 Å². The van der Waals surface area contributed by atoms with Crippen LogP contribution in [0, 0.1) is 5.92 Å². The van der Waals surface area contributed by atoms with Crippen LogP contribution in [0.2, 0.25) is 0 Å². The van der Waals surface area contributed by atoms with Crippen molar-refractivity contribution in [3.05, 3.63) is 29.6 Å². The van der Waals surface area contributed by atoms with E-state index >= 15 is 0 Å². The molecule has 0 radical (unpaired) electrons. The van der Waals surface area contributed by atoms with Gasteiger partial charge in [-0.1, -0.05) is 26.3 Å². The maximum absolute atomic E-state index is 12.7. The first-order valence-electron chi connectivity index (χ1n) is 7.56. The van der Waals surface area contributed by atoms with Gasteiger partial charge in [0.15, 0.2) is 0 Å². The molecule has 2 unspecified atom stereocenters. The van der Waals surface area contributed by atoms with Gasteiger partial charge in [0.2, 0.25) is 0 Å². The first kappa shape index (κ1) is 15.5. The zero-order valence-corrected chi connectivity index (χ0v) is 12.6. The number of aromatic nitrogens is 1. The number of carbonyl (C=O) groups excluding carboxylic acids is 1. The molecule has 1 aliphatic rings. The molecule has 5 nitrogen and oxygen atoms in total. The molecule has 114 valence electrons. The standard InChI is InChI=1S/C16H22N2O3/c1-3-6-14-11(2)7-5-10-18(14)15(19)12-8-4-9-13(17-12)16(20)21/h4,8-9,11,14H,3,5-7,10H2,1-2H3,(H,20,21). The zero-order chi connectivity index (χ0) is 15.4. The summed E-state index contributed by atoms with van der Waals surface area (Å²) in [5.74, 6) is -0.782. The van der Waals surface area contributed by atoms with Crippen molar-refractivity contribution >= 4 is 11.9 Å². The average molecular weight is 290 g/mol. The maximum Gasteiger partial charge on any atom is 0.354 e. The van der Waals surface area contributed by atoms with Crippen LogP contribution in [0.15, 0.2) is 18.2 Å². The fourth-order valence-corrected chi connectivity index (χ4v) is 3.06. The van der Waals surface area contributed by atoms with Gasteiger partial charge in [-0.05, 0) is 37.3 Å². The summed E-state index contributed by atoms with van der Waals surface area (Å²) in [4.78, 5) is 29.5. The number of carboxylic acid groups (broad SMARTS) is 1. The number of nitrogens with zero attached hydrogens (tertiary/aromatic N) is 2. The van der Waals surface area contributed by atoms with E-state index in [0.29, 0.717) is 5.92 Å². The van der Waals surface area contributed by atoms with Gasteiger partial charge in [0.25, 0.3) is 5.91 Å². The summed E-state index contributed by atoms with van der Waals surface area (Å²) in [6.45, 7) is 5.03. The van der Waals surface area contributed by atoms with E-state index in [0.717, 1.165) is 32.2 Å².